The highest BCUT2D eigenvalue weighted by Gasteiger charge is 2.30. The molecule has 30 heavy (non-hydrogen) atoms. The molecule has 1 N–H and O–H groups in total. The molecule has 1 aliphatic heterocycles. The van der Waals surface area contributed by atoms with Gasteiger partial charge in [0.25, 0.3) is 5.91 Å². The summed E-state index contributed by atoms with van der Waals surface area (Å²) in [5, 5.41) is 7.24. The fourth-order valence-corrected chi connectivity index (χ4v) is 4.04. The van der Waals surface area contributed by atoms with Gasteiger partial charge >= 0.3 is 0 Å². The normalized spacial score (nSPS) is 16.6. The van der Waals surface area contributed by atoms with Gasteiger partial charge < -0.3 is 14.1 Å². The number of piperidine rings is 1. The maximum Gasteiger partial charge on any atom is 0.274 e. The molecule has 1 aromatic carbocycles. The van der Waals surface area contributed by atoms with Gasteiger partial charge in [0.1, 0.15) is 11.5 Å². The number of aryl methyl sites for hydroxylation is 1. The predicted octanol–water partition coefficient (Wildman–Crippen LogP) is 3.89. The Balaban J connectivity index is 1.43. The molecule has 1 fully saturated rings. The van der Waals surface area contributed by atoms with Crippen molar-refractivity contribution in [3.63, 3.8) is 0 Å². The van der Waals surface area contributed by atoms with Crippen LogP contribution in [0.3, 0.4) is 0 Å². The maximum atomic E-state index is 13.0. The molecule has 3 aromatic rings. The zero-order valence-corrected chi connectivity index (χ0v) is 17.8. The number of rotatable bonds is 6. The lowest BCUT2D eigenvalue weighted by Crippen LogP contribution is -2.39. The second-order valence-corrected chi connectivity index (χ2v) is 7.81. The summed E-state index contributed by atoms with van der Waals surface area (Å²) in [5.41, 5.74) is 3.63. The molecule has 1 aliphatic rings. The lowest BCUT2D eigenvalue weighted by Gasteiger charge is -2.31. The average molecular weight is 409 g/mol. The molecule has 3 heterocycles. The summed E-state index contributed by atoms with van der Waals surface area (Å²) in [4.78, 5) is 19.4. The third-order valence-corrected chi connectivity index (χ3v) is 5.83. The molecular formula is C23H28N4O3. The minimum atomic E-state index is -0.0156. The van der Waals surface area contributed by atoms with Crippen molar-refractivity contribution in [2.75, 3.05) is 20.2 Å². The first-order valence-electron chi connectivity index (χ1n) is 10.5. The molecule has 158 valence electrons. The molecule has 0 unspecified atom stereocenters. The van der Waals surface area contributed by atoms with Crippen LogP contribution in [-0.2, 0) is 12.8 Å². The van der Waals surface area contributed by atoms with Crippen LogP contribution in [0.15, 0.2) is 34.9 Å². The number of H-pyrrole nitrogens is 1. The van der Waals surface area contributed by atoms with Crippen LogP contribution in [0.4, 0.5) is 0 Å². The Morgan fingerprint density at radius 1 is 1.33 bits per heavy atom. The first-order valence-corrected chi connectivity index (χ1v) is 10.5. The highest BCUT2D eigenvalue weighted by Crippen LogP contribution is 2.28. The number of oxazole rings is 1. The SMILES string of the molecule is CCc1[nH]nc(C(=O)N2CCC[C@@H](c3ncc(Cc4ccc(OC)cc4)o3)C2)c1C. The topological polar surface area (TPSA) is 84.2 Å². The predicted molar refractivity (Wildman–Crippen MR) is 113 cm³/mol. The number of nitrogens with one attached hydrogen (secondary N) is 1. The summed E-state index contributed by atoms with van der Waals surface area (Å²) in [7, 11) is 1.66. The largest absolute Gasteiger partial charge is 0.497 e. The van der Waals surface area contributed by atoms with Gasteiger partial charge in [0.05, 0.1) is 19.2 Å². The first-order chi connectivity index (χ1) is 14.6. The van der Waals surface area contributed by atoms with Crippen LogP contribution < -0.4 is 4.74 Å². The smallest absolute Gasteiger partial charge is 0.274 e. The first kappa shape index (κ1) is 20.2. The number of carbonyl (C=O) groups excluding carboxylic acids is 1. The van der Waals surface area contributed by atoms with E-state index < -0.39 is 0 Å². The Bertz CT molecular complexity index is 1010. The minimum Gasteiger partial charge on any atom is -0.497 e. The number of benzene rings is 1. The Morgan fingerprint density at radius 2 is 2.13 bits per heavy atom. The molecule has 2 aromatic heterocycles. The molecule has 4 rings (SSSR count). The van der Waals surface area contributed by atoms with E-state index in [1.54, 1.807) is 13.3 Å². The average Bonchev–Trinajstić information content (AvgIpc) is 3.40. The van der Waals surface area contributed by atoms with Gasteiger partial charge in [0, 0.05) is 30.8 Å². The van der Waals surface area contributed by atoms with E-state index in [2.05, 4.69) is 22.1 Å². The molecule has 0 aliphatic carbocycles. The highest BCUT2D eigenvalue weighted by molar-refractivity contribution is 5.94. The fraction of sp³-hybridized carbons (Fsp3) is 0.435. The standard InChI is InChI=1S/C23H28N4O3/c1-4-20-15(2)21(26-25-20)23(28)27-11-5-6-17(14-27)22-24-13-19(30-22)12-16-7-9-18(29-3)10-8-16/h7-10,13,17H,4-6,11-12,14H2,1-3H3,(H,25,26)/t17-/m1/s1. The monoisotopic (exact) mass is 408 g/mol. The van der Waals surface area contributed by atoms with Gasteiger partial charge in [-0.05, 0) is 43.9 Å². The van der Waals surface area contributed by atoms with Gasteiger partial charge in [-0.25, -0.2) is 4.98 Å². The van der Waals surface area contributed by atoms with Crippen LogP contribution in [0.5, 0.6) is 5.75 Å². The second kappa shape index (κ2) is 8.73. The number of hydrogen-bond acceptors (Lipinski definition) is 5. The molecule has 1 saturated heterocycles. The molecular weight excluding hydrogens is 380 g/mol. The number of aromatic nitrogens is 3. The second-order valence-electron chi connectivity index (χ2n) is 7.81. The van der Waals surface area contributed by atoms with Crippen LogP contribution in [0.1, 0.15) is 64.6 Å². The number of likely N-dealkylation sites (tertiary alicyclic amines) is 1. The molecule has 0 bridgehead atoms. The number of nitrogens with zero attached hydrogens (tertiary/aromatic N) is 3. The number of aromatic amines is 1. The van der Waals surface area contributed by atoms with E-state index in [1.165, 1.54) is 0 Å². The molecule has 1 atom stereocenters. The van der Waals surface area contributed by atoms with Gasteiger partial charge in [0.2, 0.25) is 0 Å². The Kier molecular flexibility index (Phi) is 5.88. The summed E-state index contributed by atoms with van der Waals surface area (Å²) in [6, 6.07) is 7.94. The Morgan fingerprint density at radius 3 is 2.83 bits per heavy atom. The summed E-state index contributed by atoms with van der Waals surface area (Å²) in [6.07, 6.45) is 5.20. The van der Waals surface area contributed by atoms with Crippen molar-refractivity contribution in [1.82, 2.24) is 20.1 Å². The summed E-state index contributed by atoms with van der Waals surface area (Å²) in [6.45, 7) is 5.35. The van der Waals surface area contributed by atoms with Crippen molar-refractivity contribution in [3.8, 4) is 5.75 Å². The van der Waals surface area contributed by atoms with E-state index in [4.69, 9.17) is 9.15 Å². The van der Waals surface area contributed by atoms with E-state index >= 15 is 0 Å². The lowest BCUT2D eigenvalue weighted by atomic mass is 9.97. The summed E-state index contributed by atoms with van der Waals surface area (Å²) in [5.74, 6) is 2.47. The zero-order chi connectivity index (χ0) is 21.1. The van der Waals surface area contributed by atoms with Gasteiger partial charge in [-0.1, -0.05) is 19.1 Å². The number of hydrogen-bond donors (Lipinski definition) is 1. The zero-order valence-electron chi connectivity index (χ0n) is 17.8. The van der Waals surface area contributed by atoms with E-state index in [0.717, 1.165) is 54.1 Å². The maximum absolute atomic E-state index is 13.0. The minimum absolute atomic E-state index is 0.0156. The van der Waals surface area contributed by atoms with Gasteiger partial charge in [-0.3, -0.25) is 9.89 Å². The number of ether oxygens (including phenoxy) is 1. The van der Waals surface area contributed by atoms with Crippen molar-refractivity contribution < 1.29 is 13.9 Å². The van der Waals surface area contributed by atoms with Gasteiger partial charge in [-0.15, -0.1) is 0 Å². The number of amides is 1. The van der Waals surface area contributed by atoms with Gasteiger partial charge in [-0.2, -0.15) is 5.10 Å². The summed E-state index contributed by atoms with van der Waals surface area (Å²) < 4.78 is 11.3. The van der Waals surface area contributed by atoms with Gasteiger partial charge in [0.15, 0.2) is 11.6 Å². The third-order valence-electron chi connectivity index (χ3n) is 5.83. The third kappa shape index (κ3) is 4.10. The van der Waals surface area contributed by atoms with E-state index in [-0.39, 0.29) is 11.8 Å². The van der Waals surface area contributed by atoms with Crippen molar-refractivity contribution >= 4 is 5.91 Å². The Hall–Kier alpha value is -3.09. The molecule has 7 nitrogen and oxygen atoms in total. The highest BCUT2D eigenvalue weighted by atomic mass is 16.5. The number of methoxy groups -OCH3 is 1. The molecule has 1 amide bonds. The fourth-order valence-electron chi connectivity index (χ4n) is 4.04. The van der Waals surface area contributed by atoms with Crippen LogP contribution in [0.2, 0.25) is 0 Å². The summed E-state index contributed by atoms with van der Waals surface area (Å²) >= 11 is 0. The van der Waals surface area contributed by atoms with Crippen molar-refractivity contribution in [3.05, 3.63) is 64.6 Å². The van der Waals surface area contributed by atoms with Crippen molar-refractivity contribution in [2.24, 2.45) is 0 Å². The van der Waals surface area contributed by atoms with Crippen LogP contribution in [-0.4, -0.2) is 46.2 Å². The molecule has 0 spiro atoms. The molecule has 7 heteroatoms. The number of carbonyl (C=O) groups is 1. The van der Waals surface area contributed by atoms with Crippen LogP contribution in [0, 0.1) is 6.92 Å². The van der Waals surface area contributed by atoms with E-state index in [0.29, 0.717) is 24.6 Å². The lowest BCUT2D eigenvalue weighted by molar-refractivity contribution is 0.0691. The van der Waals surface area contributed by atoms with E-state index in [1.807, 2.05) is 36.1 Å². The molecule has 0 saturated carbocycles. The Labute approximate surface area is 176 Å². The van der Waals surface area contributed by atoms with E-state index in [9.17, 15) is 4.79 Å². The van der Waals surface area contributed by atoms with Crippen molar-refractivity contribution in [2.45, 2.75) is 45.4 Å². The quantitative estimate of drug-likeness (QED) is 0.669. The van der Waals surface area contributed by atoms with Crippen LogP contribution >= 0.6 is 0 Å². The van der Waals surface area contributed by atoms with Crippen molar-refractivity contribution in [1.29, 1.82) is 0 Å². The molecule has 0 radical (unpaired) electrons. The van der Waals surface area contributed by atoms with Crippen LogP contribution in [0.25, 0.3) is 0 Å².